The predicted octanol–water partition coefficient (Wildman–Crippen LogP) is 3.03. The van der Waals surface area contributed by atoms with E-state index in [2.05, 4.69) is 9.97 Å². The Morgan fingerprint density at radius 1 is 1.33 bits per heavy atom. The van der Waals surface area contributed by atoms with Gasteiger partial charge in [-0.25, -0.2) is 4.98 Å². The van der Waals surface area contributed by atoms with Gasteiger partial charge < -0.3 is 9.72 Å². The SMILES string of the molecule is Cc1nc2sc3c(c2c(=O)n1Cc1cc(=O)c(OCC(C)C)c[nH]1)CCC3. The van der Waals surface area contributed by atoms with Crippen molar-refractivity contribution in [2.75, 3.05) is 6.61 Å². The van der Waals surface area contributed by atoms with E-state index in [1.165, 1.54) is 16.5 Å². The van der Waals surface area contributed by atoms with Crippen molar-refractivity contribution in [1.82, 2.24) is 14.5 Å². The van der Waals surface area contributed by atoms with Gasteiger partial charge in [-0.05, 0) is 37.7 Å². The van der Waals surface area contributed by atoms with Crippen molar-refractivity contribution in [3.8, 4) is 5.75 Å². The lowest BCUT2D eigenvalue weighted by Crippen LogP contribution is -2.25. The Bertz CT molecular complexity index is 1120. The number of H-pyrrole nitrogens is 1. The first kappa shape index (κ1) is 18.0. The van der Waals surface area contributed by atoms with E-state index in [0.717, 1.165) is 29.5 Å². The molecule has 7 heteroatoms. The lowest BCUT2D eigenvalue weighted by Gasteiger charge is -2.11. The highest BCUT2D eigenvalue weighted by Crippen LogP contribution is 2.34. The minimum atomic E-state index is -0.180. The van der Waals surface area contributed by atoms with Crippen molar-refractivity contribution in [3.05, 3.63) is 54.8 Å². The van der Waals surface area contributed by atoms with Gasteiger partial charge in [0, 0.05) is 22.8 Å². The molecule has 27 heavy (non-hydrogen) atoms. The number of aryl methyl sites for hydroxylation is 3. The summed E-state index contributed by atoms with van der Waals surface area (Å²) in [5.41, 5.74) is 1.64. The van der Waals surface area contributed by atoms with Crippen LogP contribution in [0.15, 0.2) is 21.9 Å². The highest BCUT2D eigenvalue weighted by molar-refractivity contribution is 7.18. The van der Waals surface area contributed by atoms with Crippen LogP contribution >= 0.6 is 11.3 Å². The van der Waals surface area contributed by atoms with Crippen LogP contribution in [-0.4, -0.2) is 21.1 Å². The van der Waals surface area contributed by atoms with E-state index in [-0.39, 0.29) is 17.5 Å². The third-order valence-corrected chi connectivity index (χ3v) is 6.04. The molecule has 0 saturated heterocycles. The number of pyridine rings is 1. The molecule has 0 spiro atoms. The van der Waals surface area contributed by atoms with Gasteiger partial charge in [0.15, 0.2) is 5.75 Å². The summed E-state index contributed by atoms with van der Waals surface area (Å²) < 4.78 is 7.17. The molecule has 1 N–H and O–H groups in total. The first-order chi connectivity index (χ1) is 12.9. The van der Waals surface area contributed by atoms with Crippen molar-refractivity contribution in [2.24, 2.45) is 5.92 Å². The summed E-state index contributed by atoms with van der Waals surface area (Å²) in [6, 6.07) is 1.50. The van der Waals surface area contributed by atoms with Crippen LogP contribution in [-0.2, 0) is 19.4 Å². The molecule has 0 amide bonds. The van der Waals surface area contributed by atoms with Crippen LogP contribution in [0.2, 0.25) is 0 Å². The van der Waals surface area contributed by atoms with E-state index in [1.807, 2.05) is 20.8 Å². The predicted molar refractivity (Wildman–Crippen MR) is 107 cm³/mol. The number of ether oxygens (including phenoxy) is 1. The average Bonchev–Trinajstić information content (AvgIpc) is 3.18. The zero-order valence-electron chi connectivity index (χ0n) is 15.8. The molecule has 3 aromatic rings. The van der Waals surface area contributed by atoms with Gasteiger partial charge >= 0.3 is 0 Å². The number of fused-ring (bicyclic) bond motifs is 3. The molecule has 0 atom stereocenters. The van der Waals surface area contributed by atoms with Gasteiger partial charge in [0.2, 0.25) is 5.43 Å². The van der Waals surface area contributed by atoms with Crippen LogP contribution in [0.1, 0.15) is 42.2 Å². The number of nitrogens with zero attached hydrogens (tertiary/aromatic N) is 2. The topological polar surface area (TPSA) is 77.0 Å². The highest BCUT2D eigenvalue weighted by Gasteiger charge is 2.22. The summed E-state index contributed by atoms with van der Waals surface area (Å²) in [5, 5.41) is 0.761. The van der Waals surface area contributed by atoms with Crippen molar-refractivity contribution in [3.63, 3.8) is 0 Å². The van der Waals surface area contributed by atoms with Crippen molar-refractivity contribution >= 4 is 21.6 Å². The fourth-order valence-corrected chi connectivity index (χ4v) is 4.79. The lowest BCUT2D eigenvalue weighted by atomic mass is 10.2. The van der Waals surface area contributed by atoms with E-state index < -0.39 is 0 Å². The summed E-state index contributed by atoms with van der Waals surface area (Å²) in [5.74, 6) is 1.31. The number of hydrogen-bond acceptors (Lipinski definition) is 5. The van der Waals surface area contributed by atoms with Gasteiger partial charge in [-0.2, -0.15) is 0 Å². The summed E-state index contributed by atoms with van der Waals surface area (Å²) in [4.78, 5) is 35.3. The van der Waals surface area contributed by atoms with Crippen LogP contribution in [0.5, 0.6) is 5.75 Å². The number of hydrogen-bond donors (Lipinski definition) is 1. The largest absolute Gasteiger partial charge is 0.488 e. The standard InChI is InChI=1S/C20H23N3O3S/c1-11(2)10-26-16-8-21-13(7-15(16)24)9-23-12(3)22-19-18(20(23)25)14-5-4-6-17(14)27-19/h7-8,11H,4-6,9-10H2,1-3H3,(H,21,24). The van der Waals surface area contributed by atoms with Gasteiger partial charge in [0.25, 0.3) is 5.56 Å². The smallest absolute Gasteiger partial charge is 0.262 e. The van der Waals surface area contributed by atoms with Crippen molar-refractivity contribution in [2.45, 2.75) is 46.6 Å². The van der Waals surface area contributed by atoms with E-state index in [9.17, 15) is 9.59 Å². The number of aromatic nitrogens is 3. The minimum absolute atomic E-state index is 0.0158. The Labute approximate surface area is 160 Å². The third kappa shape index (κ3) is 3.32. The maximum absolute atomic E-state index is 13.1. The summed E-state index contributed by atoms with van der Waals surface area (Å²) >= 11 is 1.64. The van der Waals surface area contributed by atoms with E-state index in [1.54, 1.807) is 22.1 Å². The summed E-state index contributed by atoms with van der Waals surface area (Å²) in [6.07, 6.45) is 4.68. The zero-order valence-corrected chi connectivity index (χ0v) is 16.6. The molecule has 6 nitrogen and oxygen atoms in total. The lowest BCUT2D eigenvalue weighted by molar-refractivity contribution is 0.267. The van der Waals surface area contributed by atoms with Gasteiger partial charge in [-0.1, -0.05) is 13.8 Å². The molecule has 0 aliphatic heterocycles. The Hall–Kier alpha value is -2.41. The third-order valence-electron chi connectivity index (χ3n) is 4.85. The number of thiophene rings is 1. The molecule has 0 saturated carbocycles. The van der Waals surface area contributed by atoms with Gasteiger partial charge in [-0.15, -0.1) is 11.3 Å². The molecule has 0 fully saturated rings. The average molecular weight is 385 g/mol. The molecule has 3 aromatic heterocycles. The summed E-state index contributed by atoms with van der Waals surface area (Å²) in [6.45, 7) is 6.68. The molecule has 4 rings (SSSR count). The fourth-order valence-electron chi connectivity index (χ4n) is 3.50. The monoisotopic (exact) mass is 385 g/mol. The zero-order chi connectivity index (χ0) is 19.1. The highest BCUT2D eigenvalue weighted by atomic mass is 32.1. The molecule has 0 radical (unpaired) electrons. The molecular weight excluding hydrogens is 362 g/mol. The molecule has 3 heterocycles. The van der Waals surface area contributed by atoms with E-state index in [0.29, 0.717) is 29.8 Å². The number of nitrogens with one attached hydrogen (secondary N) is 1. The second-order valence-electron chi connectivity index (χ2n) is 7.48. The van der Waals surface area contributed by atoms with Gasteiger partial charge in [0.05, 0.1) is 18.5 Å². The molecule has 1 aliphatic carbocycles. The van der Waals surface area contributed by atoms with Crippen molar-refractivity contribution < 1.29 is 4.74 Å². The molecule has 0 aromatic carbocycles. The van der Waals surface area contributed by atoms with Crippen molar-refractivity contribution in [1.29, 1.82) is 0 Å². The van der Waals surface area contributed by atoms with Crippen LogP contribution in [0.3, 0.4) is 0 Å². The fraction of sp³-hybridized carbons (Fsp3) is 0.450. The molecule has 142 valence electrons. The first-order valence-electron chi connectivity index (χ1n) is 9.30. The molecule has 0 bridgehead atoms. The van der Waals surface area contributed by atoms with E-state index >= 15 is 0 Å². The number of rotatable bonds is 5. The van der Waals surface area contributed by atoms with Gasteiger partial charge in [0.1, 0.15) is 10.7 Å². The normalized spacial score (nSPS) is 13.5. The quantitative estimate of drug-likeness (QED) is 0.732. The Morgan fingerprint density at radius 3 is 2.89 bits per heavy atom. The maximum Gasteiger partial charge on any atom is 0.262 e. The molecule has 1 aliphatic rings. The Morgan fingerprint density at radius 2 is 2.15 bits per heavy atom. The summed E-state index contributed by atoms with van der Waals surface area (Å²) in [7, 11) is 0. The number of aromatic amines is 1. The molecule has 0 unspecified atom stereocenters. The minimum Gasteiger partial charge on any atom is -0.488 e. The Kier molecular flexibility index (Phi) is 4.63. The second kappa shape index (κ2) is 6.96. The van der Waals surface area contributed by atoms with Crippen LogP contribution in [0, 0.1) is 12.8 Å². The second-order valence-corrected chi connectivity index (χ2v) is 8.56. The van der Waals surface area contributed by atoms with E-state index in [4.69, 9.17) is 4.74 Å². The first-order valence-corrected chi connectivity index (χ1v) is 10.1. The Balaban J connectivity index is 1.68. The molecular formula is C20H23N3O3S. The van der Waals surface area contributed by atoms with Crippen LogP contribution in [0.4, 0.5) is 0 Å². The maximum atomic E-state index is 13.1. The van der Waals surface area contributed by atoms with Crippen LogP contribution < -0.4 is 15.7 Å². The van der Waals surface area contributed by atoms with Crippen LogP contribution in [0.25, 0.3) is 10.2 Å². The van der Waals surface area contributed by atoms with Gasteiger partial charge in [-0.3, -0.25) is 14.2 Å².